The molecule has 0 saturated heterocycles. The summed E-state index contributed by atoms with van der Waals surface area (Å²) in [5.41, 5.74) is 3.13. The van der Waals surface area contributed by atoms with Crippen molar-refractivity contribution in [3.8, 4) is 5.75 Å². The number of thiol groups is 1. The molecule has 0 aliphatic heterocycles. The first-order valence-electron chi connectivity index (χ1n) is 7.26. The zero-order chi connectivity index (χ0) is 15.6. The summed E-state index contributed by atoms with van der Waals surface area (Å²) < 4.78 is 0. The fourth-order valence-electron chi connectivity index (χ4n) is 2.25. The number of nitrogens with one attached hydrogen (secondary N) is 1. The average Bonchev–Trinajstić information content (AvgIpc) is 2.28. The third-order valence-electron chi connectivity index (χ3n) is 3.40. The highest BCUT2D eigenvalue weighted by Gasteiger charge is 2.26. The van der Waals surface area contributed by atoms with Crippen LogP contribution < -0.4 is 5.32 Å². The van der Waals surface area contributed by atoms with Crippen LogP contribution in [0.4, 0.5) is 0 Å². The smallest absolute Gasteiger partial charge is 0.123 e. The van der Waals surface area contributed by atoms with Gasteiger partial charge in [-0.3, -0.25) is 0 Å². The molecule has 2 N–H and O–H groups in total. The van der Waals surface area contributed by atoms with Crippen molar-refractivity contribution in [3.05, 3.63) is 28.8 Å². The number of aromatic hydroxyl groups is 1. The molecule has 0 bridgehead atoms. The lowest BCUT2D eigenvalue weighted by Crippen LogP contribution is -2.20. The predicted molar refractivity (Wildman–Crippen MR) is 91.1 cm³/mol. The van der Waals surface area contributed by atoms with E-state index in [0.717, 1.165) is 30.0 Å². The Morgan fingerprint density at radius 3 is 1.80 bits per heavy atom. The molecule has 20 heavy (non-hydrogen) atoms. The monoisotopic (exact) mass is 295 g/mol. The summed E-state index contributed by atoms with van der Waals surface area (Å²) in [4.78, 5) is 0. The molecule has 0 fully saturated rings. The summed E-state index contributed by atoms with van der Waals surface area (Å²) in [7, 11) is 0. The zero-order valence-corrected chi connectivity index (χ0v) is 14.6. The van der Waals surface area contributed by atoms with Crippen LogP contribution in [-0.4, -0.2) is 17.4 Å². The Hall–Kier alpha value is -0.670. The quantitative estimate of drug-likeness (QED) is 0.579. The molecular weight excluding hydrogens is 266 g/mol. The first kappa shape index (κ1) is 17.4. The van der Waals surface area contributed by atoms with Crippen molar-refractivity contribution in [2.45, 2.75) is 58.9 Å². The molecule has 1 aromatic carbocycles. The van der Waals surface area contributed by atoms with Gasteiger partial charge in [0.2, 0.25) is 0 Å². The van der Waals surface area contributed by atoms with Crippen molar-refractivity contribution in [2.75, 3.05) is 12.3 Å². The van der Waals surface area contributed by atoms with Gasteiger partial charge in [-0.1, -0.05) is 53.7 Å². The van der Waals surface area contributed by atoms with Gasteiger partial charge in [0.05, 0.1) is 0 Å². The highest BCUT2D eigenvalue weighted by atomic mass is 32.1. The maximum Gasteiger partial charge on any atom is 0.123 e. The number of rotatable bonds is 4. The summed E-state index contributed by atoms with van der Waals surface area (Å²) in [6.07, 6.45) is 0. The fraction of sp³-hybridized carbons (Fsp3) is 0.647. The molecule has 0 heterocycles. The van der Waals surface area contributed by atoms with Crippen LogP contribution in [0.1, 0.15) is 58.2 Å². The summed E-state index contributed by atoms with van der Waals surface area (Å²) in [6, 6.07) is 4.24. The Morgan fingerprint density at radius 2 is 1.45 bits per heavy atom. The van der Waals surface area contributed by atoms with E-state index in [1.165, 1.54) is 5.56 Å². The maximum absolute atomic E-state index is 10.6. The lowest BCUT2D eigenvalue weighted by Gasteiger charge is -2.28. The summed E-state index contributed by atoms with van der Waals surface area (Å²) >= 11 is 4.21. The highest BCUT2D eigenvalue weighted by Crippen LogP contribution is 2.39. The van der Waals surface area contributed by atoms with Gasteiger partial charge in [-0.2, -0.15) is 12.6 Å². The van der Waals surface area contributed by atoms with Gasteiger partial charge < -0.3 is 10.4 Å². The Morgan fingerprint density at radius 1 is 1.00 bits per heavy atom. The second-order valence-corrected chi connectivity index (χ2v) is 7.89. The molecule has 1 rings (SSSR count). The standard InChI is InChI=1S/C17H29NOS/c1-16(2,3)13-9-12(11-18-7-8-20)10-14(15(13)19)17(4,5)6/h9-10,18-20H,7-8,11H2,1-6H3. The predicted octanol–water partition coefficient (Wildman–Crippen LogP) is 4.01. The number of benzene rings is 1. The highest BCUT2D eigenvalue weighted by molar-refractivity contribution is 7.80. The summed E-state index contributed by atoms with van der Waals surface area (Å²) in [5.74, 6) is 1.28. The first-order valence-corrected chi connectivity index (χ1v) is 7.89. The van der Waals surface area contributed by atoms with E-state index in [1.54, 1.807) is 0 Å². The van der Waals surface area contributed by atoms with Gasteiger partial charge in [-0.15, -0.1) is 0 Å². The van der Waals surface area contributed by atoms with Crippen LogP contribution in [-0.2, 0) is 17.4 Å². The maximum atomic E-state index is 10.6. The van der Waals surface area contributed by atoms with Gasteiger partial charge in [-0.05, 0) is 27.5 Å². The van der Waals surface area contributed by atoms with Crippen LogP contribution in [0.5, 0.6) is 5.75 Å². The van der Waals surface area contributed by atoms with E-state index in [4.69, 9.17) is 0 Å². The number of hydrogen-bond donors (Lipinski definition) is 3. The molecule has 0 spiro atoms. The summed E-state index contributed by atoms with van der Waals surface area (Å²) in [6.45, 7) is 14.5. The second-order valence-electron chi connectivity index (χ2n) is 7.44. The molecule has 0 aromatic heterocycles. The molecule has 1 aromatic rings. The van der Waals surface area contributed by atoms with E-state index in [2.05, 4.69) is 71.6 Å². The third-order valence-corrected chi connectivity index (χ3v) is 3.63. The van der Waals surface area contributed by atoms with Crippen molar-refractivity contribution in [1.82, 2.24) is 5.32 Å². The van der Waals surface area contributed by atoms with Crippen molar-refractivity contribution in [1.29, 1.82) is 0 Å². The third kappa shape index (κ3) is 4.42. The van der Waals surface area contributed by atoms with Gasteiger partial charge in [0.1, 0.15) is 5.75 Å². The van der Waals surface area contributed by atoms with Crippen LogP contribution in [0.3, 0.4) is 0 Å². The first-order chi connectivity index (χ1) is 9.07. The Balaban J connectivity index is 3.28. The van der Waals surface area contributed by atoms with Crippen LogP contribution >= 0.6 is 12.6 Å². The molecule has 0 aliphatic carbocycles. The van der Waals surface area contributed by atoms with E-state index >= 15 is 0 Å². The van der Waals surface area contributed by atoms with E-state index in [9.17, 15) is 5.11 Å². The Labute approximate surface area is 129 Å². The topological polar surface area (TPSA) is 32.3 Å². The number of hydrogen-bond acceptors (Lipinski definition) is 3. The number of phenolic OH excluding ortho intramolecular Hbond substituents is 1. The van der Waals surface area contributed by atoms with Crippen LogP contribution in [0.25, 0.3) is 0 Å². The van der Waals surface area contributed by atoms with Crippen LogP contribution in [0.15, 0.2) is 12.1 Å². The minimum absolute atomic E-state index is 0.0658. The lowest BCUT2D eigenvalue weighted by atomic mass is 9.78. The van der Waals surface area contributed by atoms with E-state index in [-0.39, 0.29) is 10.8 Å². The molecular formula is C17H29NOS. The Bertz CT molecular complexity index is 420. The zero-order valence-electron chi connectivity index (χ0n) is 13.7. The van der Waals surface area contributed by atoms with E-state index in [1.807, 2.05) is 0 Å². The van der Waals surface area contributed by atoms with Gasteiger partial charge in [-0.25, -0.2) is 0 Å². The normalized spacial score (nSPS) is 12.8. The van der Waals surface area contributed by atoms with Gasteiger partial charge in [0.25, 0.3) is 0 Å². The van der Waals surface area contributed by atoms with Crippen molar-refractivity contribution >= 4 is 12.6 Å². The molecule has 3 heteroatoms. The van der Waals surface area contributed by atoms with Crippen molar-refractivity contribution in [2.24, 2.45) is 0 Å². The minimum Gasteiger partial charge on any atom is -0.507 e. The fourth-order valence-corrected chi connectivity index (χ4v) is 2.41. The molecule has 0 unspecified atom stereocenters. The molecule has 0 aliphatic rings. The second kappa shape index (κ2) is 6.40. The van der Waals surface area contributed by atoms with Crippen LogP contribution in [0, 0.1) is 0 Å². The van der Waals surface area contributed by atoms with E-state index in [0.29, 0.717) is 5.75 Å². The Kier molecular flexibility index (Phi) is 5.56. The van der Waals surface area contributed by atoms with Crippen molar-refractivity contribution < 1.29 is 5.11 Å². The van der Waals surface area contributed by atoms with Crippen LogP contribution in [0.2, 0.25) is 0 Å². The largest absolute Gasteiger partial charge is 0.507 e. The van der Waals surface area contributed by atoms with Gasteiger partial charge in [0, 0.05) is 18.8 Å². The lowest BCUT2D eigenvalue weighted by molar-refractivity contribution is 0.422. The summed E-state index contributed by atoms with van der Waals surface area (Å²) in [5, 5.41) is 14.0. The molecule has 0 saturated carbocycles. The molecule has 114 valence electrons. The molecule has 0 atom stereocenters. The van der Waals surface area contributed by atoms with Gasteiger partial charge in [0.15, 0.2) is 0 Å². The number of phenols is 1. The molecule has 0 radical (unpaired) electrons. The van der Waals surface area contributed by atoms with Gasteiger partial charge >= 0.3 is 0 Å². The minimum atomic E-state index is -0.0658. The SMILES string of the molecule is CC(C)(C)c1cc(CNCCS)cc(C(C)(C)C)c1O. The average molecular weight is 295 g/mol. The molecule has 0 amide bonds. The molecule has 2 nitrogen and oxygen atoms in total. The van der Waals surface area contributed by atoms with E-state index < -0.39 is 0 Å². The van der Waals surface area contributed by atoms with Crippen molar-refractivity contribution in [3.63, 3.8) is 0 Å².